The molecule has 22 heavy (non-hydrogen) atoms. The first kappa shape index (κ1) is 16.0. The van der Waals surface area contributed by atoms with E-state index in [1.165, 1.54) is 69.5 Å². The maximum atomic E-state index is 2.45. The minimum absolute atomic E-state index is 0.966. The predicted octanol–water partition coefficient (Wildman–Crippen LogP) is 1.11. The first-order valence-electron chi connectivity index (χ1n) is 9.50. The third kappa shape index (κ3) is 4.11. The average Bonchev–Trinajstić information content (AvgIpc) is 2.56. The zero-order chi connectivity index (χ0) is 15.4. The van der Waals surface area contributed by atoms with Gasteiger partial charge in [-0.05, 0) is 30.7 Å². The molecule has 3 rings (SSSR count). The van der Waals surface area contributed by atoms with Crippen molar-refractivity contribution in [3.8, 4) is 0 Å². The Labute approximate surface area is 136 Å². The summed E-state index contributed by atoms with van der Waals surface area (Å²) >= 11 is 0. The highest BCUT2D eigenvalue weighted by molar-refractivity contribution is 5.21. The first-order chi connectivity index (χ1) is 10.7. The van der Waals surface area contributed by atoms with Crippen molar-refractivity contribution < 1.29 is 9.80 Å². The lowest BCUT2D eigenvalue weighted by Crippen LogP contribution is -3.29. The van der Waals surface area contributed by atoms with E-state index in [9.17, 15) is 0 Å². The van der Waals surface area contributed by atoms with Crippen molar-refractivity contribution in [3.63, 3.8) is 0 Å². The van der Waals surface area contributed by atoms with Gasteiger partial charge in [-0.25, -0.2) is 0 Å². The Kier molecular flexibility index (Phi) is 5.54. The van der Waals surface area contributed by atoms with Crippen molar-refractivity contribution in [2.45, 2.75) is 58.5 Å². The number of piperazine rings is 1. The van der Waals surface area contributed by atoms with Crippen molar-refractivity contribution in [3.05, 3.63) is 35.4 Å². The minimum atomic E-state index is 0.966. The Bertz CT molecular complexity index is 445. The number of hydrogen-bond acceptors (Lipinski definition) is 0. The molecule has 2 atom stereocenters. The van der Waals surface area contributed by atoms with Gasteiger partial charge in [0, 0.05) is 12.0 Å². The van der Waals surface area contributed by atoms with E-state index < -0.39 is 0 Å². The topological polar surface area (TPSA) is 8.88 Å². The lowest BCUT2D eigenvalue weighted by Gasteiger charge is -2.37. The molecule has 1 heterocycles. The molecule has 1 aromatic carbocycles. The Morgan fingerprint density at radius 2 is 1.64 bits per heavy atom. The molecule has 0 amide bonds. The maximum Gasteiger partial charge on any atom is 0.127 e. The number of quaternary nitrogens is 2. The summed E-state index contributed by atoms with van der Waals surface area (Å²) < 4.78 is 0. The van der Waals surface area contributed by atoms with E-state index in [1.807, 2.05) is 4.90 Å². The van der Waals surface area contributed by atoms with E-state index in [4.69, 9.17) is 0 Å². The second-order valence-corrected chi connectivity index (χ2v) is 7.72. The largest absolute Gasteiger partial charge is 0.323 e. The van der Waals surface area contributed by atoms with Crippen molar-refractivity contribution in [2.24, 2.45) is 5.92 Å². The Morgan fingerprint density at radius 3 is 2.27 bits per heavy atom. The quantitative estimate of drug-likeness (QED) is 0.824. The fourth-order valence-electron chi connectivity index (χ4n) is 4.50. The molecule has 2 nitrogen and oxygen atoms in total. The van der Waals surface area contributed by atoms with Gasteiger partial charge in [0.25, 0.3) is 0 Å². The van der Waals surface area contributed by atoms with Crippen molar-refractivity contribution >= 4 is 0 Å². The lowest BCUT2D eigenvalue weighted by atomic mass is 9.86. The van der Waals surface area contributed by atoms with Crippen molar-refractivity contribution in [2.75, 3.05) is 26.2 Å². The zero-order valence-electron chi connectivity index (χ0n) is 14.5. The van der Waals surface area contributed by atoms with Gasteiger partial charge in [0.15, 0.2) is 0 Å². The fourth-order valence-corrected chi connectivity index (χ4v) is 4.50. The van der Waals surface area contributed by atoms with Gasteiger partial charge < -0.3 is 9.80 Å². The van der Waals surface area contributed by atoms with Gasteiger partial charge in [0.05, 0.1) is 6.04 Å². The smallest absolute Gasteiger partial charge is 0.127 e. The van der Waals surface area contributed by atoms with Crippen LogP contribution in [0.25, 0.3) is 0 Å². The molecule has 0 bridgehead atoms. The highest BCUT2D eigenvalue weighted by Gasteiger charge is 2.32. The molecule has 1 saturated heterocycles. The summed E-state index contributed by atoms with van der Waals surface area (Å²) in [6.45, 7) is 11.4. The third-order valence-corrected chi connectivity index (χ3v) is 6.00. The highest BCUT2D eigenvalue weighted by atomic mass is 15.3. The molecule has 2 aliphatic rings. The summed E-state index contributed by atoms with van der Waals surface area (Å²) in [5, 5.41) is 0. The van der Waals surface area contributed by atoms with Gasteiger partial charge in [-0.1, -0.05) is 44.5 Å². The summed E-state index contributed by atoms with van der Waals surface area (Å²) in [4.78, 5) is 3.70. The van der Waals surface area contributed by atoms with Crippen LogP contribution in [0.15, 0.2) is 24.3 Å². The van der Waals surface area contributed by atoms with Crippen LogP contribution in [0.5, 0.6) is 0 Å². The SMILES string of the molecule is CCc1ccc(C[NH+]2CC[NH+]([C@@H]3CCC[C@@H](C)C3)CC2)cc1. The van der Waals surface area contributed by atoms with Crippen LogP contribution in [0.4, 0.5) is 0 Å². The molecular weight excluding hydrogens is 268 g/mol. The standard InChI is InChI=1S/C20H32N2/c1-3-18-7-9-19(10-8-18)16-21-11-13-22(14-12-21)20-6-4-5-17(2)15-20/h7-10,17,20H,3-6,11-16H2,1-2H3/p+2/t17-,20-/m1/s1. The van der Waals surface area contributed by atoms with Crippen LogP contribution in [0.2, 0.25) is 0 Å². The summed E-state index contributed by atoms with van der Waals surface area (Å²) in [6.07, 6.45) is 7.04. The summed E-state index contributed by atoms with van der Waals surface area (Å²) in [5.41, 5.74) is 2.97. The van der Waals surface area contributed by atoms with Gasteiger partial charge in [-0.3, -0.25) is 0 Å². The Morgan fingerprint density at radius 1 is 0.955 bits per heavy atom. The van der Waals surface area contributed by atoms with Gasteiger partial charge in [0.2, 0.25) is 0 Å². The molecule has 0 aromatic heterocycles. The van der Waals surface area contributed by atoms with E-state index in [-0.39, 0.29) is 0 Å². The molecule has 0 unspecified atom stereocenters. The Balaban J connectivity index is 1.46. The number of nitrogens with one attached hydrogen (secondary N) is 2. The molecule has 1 aromatic rings. The molecule has 0 radical (unpaired) electrons. The molecule has 0 spiro atoms. The molecule has 1 aliphatic carbocycles. The molecule has 2 N–H and O–H groups in total. The average molecular weight is 303 g/mol. The fraction of sp³-hybridized carbons (Fsp3) is 0.700. The number of hydrogen-bond donors (Lipinski definition) is 2. The van der Waals surface area contributed by atoms with Crippen LogP contribution in [-0.2, 0) is 13.0 Å². The van der Waals surface area contributed by atoms with E-state index in [2.05, 4.69) is 38.1 Å². The summed E-state index contributed by atoms with van der Waals surface area (Å²) in [5.74, 6) is 0.966. The van der Waals surface area contributed by atoms with E-state index in [1.54, 1.807) is 4.90 Å². The van der Waals surface area contributed by atoms with Gasteiger partial charge >= 0.3 is 0 Å². The van der Waals surface area contributed by atoms with Crippen LogP contribution < -0.4 is 9.80 Å². The van der Waals surface area contributed by atoms with Gasteiger partial charge in [-0.15, -0.1) is 0 Å². The summed E-state index contributed by atoms with van der Waals surface area (Å²) in [6, 6.07) is 10.3. The Hall–Kier alpha value is -0.860. The van der Waals surface area contributed by atoms with E-state index >= 15 is 0 Å². The van der Waals surface area contributed by atoms with E-state index in [0.29, 0.717) is 0 Å². The second kappa shape index (κ2) is 7.61. The number of benzene rings is 1. The molecular formula is C20H34N2+2. The normalized spacial score (nSPS) is 32.8. The predicted molar refractivity (Wildman–Crippen MR) is 92.3 cm³/mol. The first-order valence-corrected chi connectivity index (χ1v) is 9.50. The van der Waals surface area contributed by atoms with Gasteiger partial charge in [0.1, 0.15) is 32.7 Å². The highest BCUT2D eigenvalue weighted by Crippen LogP contribution is 2.21. The number of aryl methyl sites for hydroxylation is 1. The lowest BCUT2D eigenvalue weighted by molar-refractivity contribution is -1.03. The van der Waals surface area contributed by atoms with Crippen molar-refractivity contribution in [1.29, 1.82) is 0 Å². The van der Waals surface area contributed by atoms with Gasteiger partial charge in [-0.2, -0.15) is 0 Å². The summed E-state index contributed by atoms with van der Waals surface area (Å²) in [7, 11) is 0. The maximum absolute atomic E-state index is 2.45. The molecule has 122 valence electrons. The second-order valence-electron chi connectivity index (χ2n) is 7.72. The zero-order valence-corrected chi connectivity index (χ0v) is 14.5. The van der Waals surface area contributed by atoms with Crippen LogP contribution in [-0.4, -0.2) is 32.2 Å². The van der Waals surface area contributed by atoms with Crippen molar-refractivity contribution in [1.82, 2.24) is 0 Å². The third-order valence-electron chi connectivity index (χ3n) is 6.00. The van der Waals surface area contributed by atoms with Crippen LogP contribution in [0.1, 0.15) is 50.7 Å². The molecule has 1 aliphatic heterocycles. The number of rotatable bonds is 4. The monoisotopic (exact) mass is 302 g/mol. The molecule has 1 saturated carbocycles. The molecule has 2 heteroatoms. The molecule has 2 fully saturated rings. The van der Waals surface area contributed by atoms with Crippen LogP contribution in [0, 0.1) is 5.92 Å². The van der Waals surface area contributed by atoms with Crippen LogP contribution >= 0.6 is 0 Å². The minimum Gasteiger partial charge on any atom is -0.323 e. The van der Waals surface area contributed by atoms with Crippen LogP contribution in [0.3, 0.4) is 0 Å². The van der Waals surface area contributed by atoms with E-state index in [0.717, 1.165) is 18.4 Å².